The molecule has 1 aliphatic rings. The van der Waals surface area contributed by atoms with E-state index in [1.54, 1.807) is 0 Å². The standard InChI is InChI=1S/C6H4N2O5/c9-5-3-1-2-4-6(5,7(10)11)8(12)13/h1-4H. The molecular formula is C6H4N2O5. The zero-order chi connectivity index (χ0) is 10.1. The lowest BCUT2D eigenvalue weighted by Gasteiger charge is -2.11. The summed E-state index contributed by atoms with van der Waals surface area (Å²) in [6, 6.07) is 0. The number of nitrogens with zero attached hydrogens (tertiary/aromatic N) is 2. The lowest BCUT2D eigenvalue weighted by molar-refractivity contribution is -0.759. The van der Waals surface area contributed by atoms with Crippen LogP contribution >= 0.6 is 0 Å². The molecule has 13 heavy (non-hydrogen) atoms. The molecule has 0 atom stereocenters. The molecule has 0 amide bonds. The molecule has 1 aliphatic carbocycles. The van der Waals surface area contributed by atoms with Crippen LogP contribution in [0.3, 0.4) is 0 Å². The van der Waals surface area contributed by atoms with E-state index < -0.39 is 21.3 Å². The highest BCUT2D eigenvalue weighted by molar-refractivity contribution is 5.98. The van der Waals surface area contributed by atoms with E-state index in [-0.39, 0.29) is 0 Å². The maximum absolute atomic E-state index is 11.0. The second-order valence-corrected chi connectivity index (χ2v) is 2.32. The van der Waals surface area contributed by atoms with Crippen LogP contribution in [0.15, 0.2) is 24.3 Å². The zero-order valence-corrected chi connectivity index (χ0v) is 6.25. The fraction of sp³-hybridized carbons (Fsp3) is 0.167. The van der Waals surface area contributed by atoms with Gasteiger partial charge in [0.1, 0.15) is 9.85 Å². The van der Waals surface area contributed by atoms with E-state index in [1.165, 1.54) is 6.08 Å². The SMILES string of the molecule is O=C1C=CC=CC1([N+](=O)[O-])[N+](=O)[O-]. The third kappa shape index (κ3) is 1.10. The quantitative estimate of drug-likeness (QED) is 0.339. The number of rotatable bonds is 2. The van der Waals surface area contributed by atoms with Gasteiger partial charge in [0.15, 0.2) is 0 Å². The van der Waals surface area contributed by atoms with Gasteiger partial charge in [0.2, 0.25) is 0 Å². The predicted molar refractivity (Wildman–Crippen MR) is 40.0 cm³/mol. The molecule has 7 heteroatoms. The largest absolute Gasteiger partial charge is 0.539 e. The molecule has 0 saturated heterocycles. The lowest BCUT2D eigenvalue weighted by Crippen LogP contribution is -2.51. The van der Waals surface area contributed by atoms with Gasteiger partial charge in [-0.1, -0.05) is 12.2 Å². The van der Waals surface area contributed by atoms with Crippen LogP contribution in [0.2, 0.25) is 0 Å². The molecule has 0 radical (unpaired) electrons. The lowest BCUT2D eigenvalue weighted by atomic mass is 10.0. The highest BCUT2D eigenvalue weighted by Crippen LogP contribution is 2.18. The van der Waals surface area contributed by atoms with Gasteiger partial charge in [-0.15, -0.1) is 0 Å². The number of nitro groups is 2. The number of allylic oxidation sites excluding steroid dienone is 2. The molecule has 68 valence electrons. The van der Waals surface area contributed by atoms with Gasteiger partial charge in [-0.25, -0.2) is 0 Å². The van der Waals surface area contributed by atoms with Crippen LogP contribution in [-0.2, 0) is 4.79 Å². The Morgan fingerprint density at radius 3 is 2.00 bits per heavy atom. The monoisotopic (exact) mass is 184 g/mol. The van der Waals surface area contributed by atoms with E-state index in [2.05, 4.69) is 0 Å². The Morgan fingerprint density at radius 1 is 1.15 bits per heavy atom. The van der Waals surface area contributed by atoms with Crippen LogP contribution in [0.1, 0.15) is 0 Å². The molecule has 0 aromatic heterocycles. The Balaban J connectivity index is 3.27. The summed E-state index contributed by atoms with van der Waals surface area (Å²) >= 11 is 0. The maximum atomic E-state index is 11.0. The van der Waals surface area contributed by atoms with Crippen LogP contribution in [0, 0.1) is 20.2 Å². The van der Waals surface area contributed by atoms with Gasteiger partial charge in [-0.3, -0.25) is 25.0 Å². The van der Waals surface area contributed by atoms with Crippen LogP contribution in [0.5, 0.6) is 0 Å². The summed E-state index contributed by atoms with van der Waals surface area (Å²) in [5.74, 6) is -1.15. The Bertz CT molecular complexity index is 329. The Kier molecular flexibility index (Phi) is 1.93. The normalized spacial score (nSPS) is 18.6. The fourth-order valence-corrected chi connectivity index (χ4v) is 0.906. The molecule has 7 nitrogen and oxygen atoms in total. The first-order valence-electron chi connectivity index (χ1n) is 3.21. The molecule has 0 N–H and O–H groups in total. The van der Waals surface area contributed by atoms with Gasteiger partial charge < -0.3 is 0 Å². The molecule has 0 unspecified atom stereocenters. The molecule has 0 saturated carbocycles. The maximum Gasteiger partial charge on any atom is 0.539 e. The van der Waals surface area contributed by atoms with Crippen molar-refractivity contribution in [1.29, 1.82) is 0 Å². The summed E-state index contributed by atoms with van der Waals surface area (Å²) in [5, 5.41) is 20.8. The van der Waals surface area contributed by atoms with Gasteiger partial charge in [0, 0.05) is 0 Å². The van der Waals surface area contributed by atoms with Crippen molar-refractivity contribution in [2.75, 3.05) is 0 Å². The minimum atomic E-state index is -2.82. The summed E-state index contributed by atoms with van der Waals surface area (Å²) in [7, 11) is 0. The van der Waals surface area contributed by atoms with Gasteiger partial charge in [0.05, 0.1) is 6.08 Å². The predicted octanol–water partition coefficient (Wildman–Crippen LogP) is -0.0688. The van der Waals surface area contributed by atoms with E-state index in [4.69, 9.17) is 0 Å². The number of hydrogen-bond acceptors (Lipinski definition) is 5. The zero-order valence-electron chi connectivity index (χ0n) is 6.25. The first-order valence-corrected chi connectivity index (χ1v) is 3.21. The van der Waals surface area contributed by atoms with E-state index >= 15 is 0 Å². The third-order valence-corrected chi connectivity index (χ3v) is 1.61. The Hall–Kier alpha value is -2.05. The topological polar surface area (TPSA) is 103 Å². The van der Waals surface area contributed by atoms with Gasteiger partial charge in [-0.2, -0.15) is 0 Å². The molecule has 0 aromatic carbocycles. The molecule has 0 heterocycles. The van der Waals surface area contributed by atoms with Crippen LogP contribution in [-0.4, -0.2) is 21.3 Å². The van der Waals surface area contributed by atoms with E-state index in [1.807, 2.05) is 0 Å². The average Bonchev–Trinajstić information content (AvgIpc) is 2.04. The average molecular weight is 184 g/mol. The van der Waals surface area contributed by atoms with Crippen molar-refractivity contribution in [2.45, 2.75) is 5.66 Å². The minimum absolute atomic E-state index is 0.662. The van der Waals surface area contributed by atoms with Crippen molar-refractivity contribution in [3.8, 4) is 0 Å². The Morgan fingerprint density at radius 2 is 1.69 bits per heavy atom. The Labute approximate surface area is 71.6 Å². The summed E-state index contributed by atoms with van der Waals surface area (Å²) in [6.45, 7) is 0. The number of hydrogen-bond donors (Lipinski definition) is 0. The van der Waals surface area contributed by atoms with Crippen LogP contribution in [0.25, 0.3) is 0 Å². The highest BCUT2D eigenvalue weighted by Gasteiger charge is 2.61. The fourth-order valence-electron chi connectivity index (χ4n) is 0.906. The highest BCUT2D eigenvalue weighted by atomic mass is 16.7. The van der Waals surface area contributed by atoms with Crippen molar-refractivity contribution >= 4 is 5.78 Å². The molecule has 0 aromatic rings. The molecule has 1 rings (SSSR count). The summed E-state index contributed by atoms with van der Waals surface area (Å²) in [4.78, 5) is 29.3. The summed E-state index contributed by atoms with van der Waals surface area (Å²) in [5.41, 5.74) is -2.82. The van der Waals surface area contributed by atoms with E-state index in [0.29, 0.717) is 6.08 Å². The van der Waals surface area contributed by atoms with Gasteiger partial charge >= 0.3 is 11.4 Å². The number of ketones is 1. The molecule has 0 bridgehead atoms. The van der Waals surface area contributed by atoms with Crippen molar-refractivity contribution in [3.63, 3.8) is 0 Å². The van der Waals surface area contributed by atoms with Crippen LogP contribution in [0.4, 0.5) is 0 Å². The summed E-state index contributed by atoms with van der Waals surface area (Å²) in [6.07, 6.45) is 3.79. The second kappa shape index (κ2) is 2.77. The first-order chi connectivity index (χ1) is 6.01. The van der Waals surface area contributed by atoms with Gasteiger partial charge in [-0.05, 0) is 6.08 Å². The second-order valence-electron chi connectivity index (χ2n) is 2.32. The molecular weight excluding hydrogens is 180 g/mol. The van der Waals surface area contributed by atoms with E-state index in [9.17, 15) is 25.0 Å². The first kappa shape index (κ1) is 9.04. The summed E-state index contributed by atoms with van der Waals surface area (Å²) < 4.78 is 0. The smallest absolute Gasteiger partial charge is 0.278 e. The van der Waals surface area contributed by atoms with Gasteiger partial charge in [0.25, 0.3) is 0 Å². The molecule has 0 aliphatic heterocycles. The van der Waals surface area contributed by atoms with Crippen molar-refractivity contribution in [1.82, 2.24) is 0 Å². The molecule has 0 spiro atoms. The van der Waals surface area contributed by atoms with E-state index in [0.717, 1.165) is 12.2 Å². The van der Waals surface area contributed by atoms with Crippen LogP contribution < -0.4 is 0 Å². The van der Waals surface area contributed by atoms with Crippen molar-refractivity contribution < 1.29 is 14.6 Å². The van der Waals surface area contributed by atoms with Crippen molar-refractivity contribution in [2.24, 2.45) is 0 Å². The number of carbonyl (C=O) groups is 1. The van der Waals surface area contributed by atoms with Crippen molar-refractivity contribution in [3.05, 3.63) is 44.5 Å². The molecule has 0 fully saturated rings. The third-order valence-electron chi connectivity index (χ3n) is 1.61. The number of carbonyl (C=O) groups excluding carboxylic acids is 1. The minimum Gasteiger partial charge on any atom is -0.278 e.